The number of rotatable bonds is 4. The van der Waals surface area contributed by atoms with Crippen LogP contribution in [0.5, 0.6) is 0 Å². The van der Waals surface area contributed by atoms with Crippen LogP contribution in [-0.4, -0.2) is 61.5 Å². The van der Waals surface area contributed by atoms with Gasteiger partial charge in [0.2, 0.25) is 5.91 Å². The van der Waals surface area contributed by atoms with Crippen LogP contribution in [-0.2, 0) is 4.79 Å². The molecule has 0 aliphatic carbocycles. The van der Waals surface area contributed by atoms with E-state index in [0.29, 0.717) is 6.42 Å². The molecular weight excluding hydrogens is 487 g/mol. The molecule has 2 fully saturated rings. The van der Waals surface area contributed by atoms with Gasteiger partial charge in [0, 0.05) is 51.6 Å². The molecule has 1 aromatic carbocycles. The molecule has 2 aliphatic heterocycles. The lowest BCUT2D eigenvalue weighted by molar-refractivity contribution is -0.119. The van der Waals surface area contributed by atoms with Crippen LogP contribution in [0, 0.1) is 5.41 Å². The number of guanidine groups is 1. The third-order valence-corrected chi connectivity index (χ3v) is 6.34. The average molecular weight is 514 g/mol. The van der Waals surface area contributed by atoms with Crippen LogP contribution < -0.4 is 16.0 Å². The maximum atomic E-state index is 11.7. The Balaban J connectivity index is 0.00000225. The van der Waals surface area contributed by atoms with E-state index in [1.807, 2.05) is 25.2 Å². The number of aliphatic imine (C=N–C) groups is 1. The molecule has 1 atom stereocenters. The van der Waals surface area contributed by atoms with Crippen LogP contribution in [0.25, 0.3) is 10.2 Å². The van der Waals surface area contributed by atoms with Crippen molar-refractivity contribution in [2.45, 2.75) is 19.3 Å². The third kappa shape index (κ3) is 4.68. The summed E-state index contributed by atoms with van der Waals surface area (Å²) in [4.78, 5) is 23.0. The van der Waals surface area contributed by atoms with Crippen molar-refractivity contribution in [1.82, 2.24) is 20.5 Å². The first-order valence-electron chi connectivity index (χ1n) is 9.49. The van der Waals surface area contributed by atoms with E-state index in [-0.39, 0.29) is 35.3 Å². The maximum absolute atomic E-state index is 11.7. The number of amides is 1. The fourth-order valence-electron chi connectivity index (χ4n) is 4.05. The van der Waals surface area contributed by atoms with Crippen LogP contribution in [0.1, 0.15) is 19.3 Å². The summed E-state index contributed by atoms with van der Waals surface area (Å²) in [7, 11) is 1.82. The van der Waals surface area contributed by atoms with Gasteiger partial charge in [0.25, 0.3) is 0 Å². The molecule has 1 amide bonds. The van der Waals surface area contributed by atoms with E-state index in [1.165, 1.54) is 4.70 Å². The highest BCUT2D eigenvalue weighted by atomic mass is 127. The van der Waals surface area contributed by atoms with E-state index < -0.39 is 0 Å². The molecule has 0 saturated carbocycles. The SMILES string of the molecule is CN=C(NCCNc1nc2ccccc2s1)N1CCCC2(CNC(=O)C2)C1.I. The fourth-order valence-corrected chi connectivity index (χ4v) is 4.94. The van der Waals surface area contributed by atoms with Gasteiger partial charge in [-0.05, 0) is 25.0 Å². The van der Waals surface area contributed by atoms with Crippen molar-refractivity contribution in [2.24, 2.45) is 10.4 Å². The quantitative estimate of drug-likeness (QED) is 0.253. The summed E-state index contributed by atoms with van der Waals surface area (Å²) in [6, 6.07) is 8.17. The first kappa shape index (κ1) is 21.1. The van der Waals surface area contributed by atoms with Gasteiger partial charge in [-0.2, -0.15) is 0 Å². The summed E-state index contributed by atoms with van der Waals surface area (Å²) in [5.41, 5.74) is 1.11. The average Bonchev–Trinajstić information content (AvgIpc) is 3.25. The number of hydrogen-bond acceptors (Lipinski definition) is 5. The Morgan fingerprint density at radius 3 is 3.00 bits per heavy atom. The van der Waals surface area contributed by atoms with Gasteiger partial charge in [-0.1, -0.05) is 23.5 Å². The second-order valence-corrected chi connectivity index (χ2v) is 8.40. The molecular formula is C19H27IN6OS. The number of carbonyl (C=O) groups is 1. The molecule has 0 bridgehead atoms. The van der Waals surface area contributed by atoms with Crippen LogP contribution >= 0.6 is 35.3 Å². The van der Waals surface area contributed by atoms with Gasteiger partial charge in [-0.15, -0.1) is 24.0 Å². The Kier molecular flexibility index (Phi) is 6.97. The molecule has 1 unspecified atom stereocenters. The van der Waals surface area contributed by atoms with Gasteiger partial charge in [0.05, 0.1) is 10.2 Å². The normalized spacial score (nSPS) is 22.2. The number of fused-ring (bicyclic) bond motifs is 1. The Morgan fingerprint density at radius 1 is 1.39 bits per heavy atom. The zero-order valence-corrected chi connectivity index (χ0v) is 19.2. The predicted molar refractivity (Wildman–Crippen MR) is 126 cm³/mol. The first-order valence-corrected chi connectivity index (χ1v) is 10.3. The minimum atomic E-state index is 0. The molecule has 4 rings (SSSR count). The second-order valence-electron chi connectivity index (χ2n) is 7.37. The number of para-hydroxylation sites is 1. The minimum Gasteiger partial charge on any atom is -0.360 e. The molecule has 1 aromatic heterocycles. The molecule has 28 heavy (non-hydrogen) atoms. The smallest absolute Gasteiger partial charge is 0.220 e. The Bertz CT molecular complexity index is 823. The topological polar surface area (TPSA) is 81.7 Å². The third-order valence-electron chi connectivity index (χ3n) is 5.35. The molecule has 3 heterocycles. The summed E-state index contributed by atoms with van der Waals surface area (Å²) in [6.45, 7) is 4.21. The second kappa shape index (κ2) is 9.25. The van der Waals surface area contributed by atoms with Crippen molar-refractivity contribution in [3.63, 3.8) is 0 Å². The van der Waals surface area contributed by atoms with E-state index in [1.54, 1.807) is 11.3 Å². The number of nitrogens with one attached hydrogen (secondary N) is 3. The largest absolute Gasteiger partial charge is 0.360 e. The molecule has 2 saturated heterocycles. The molecule has 2 aliphatic rings. The van der Waals surface area contributed by atoms with Crippen molar-refractivity contribution in [2.75, 3.05) is 45.1 Å². The monoisotopic (exact) mass is 514 g/mol. The van der Waals surface area contributed by atoms with Crippen LogP contribution in [0.3, 0.4) is 0 Å². The van der Waals surface area contributed by atoms with Crippen LogP contribution in [0.15, 0.2) is 29.3 Å². The van der Waals surface area contributed by atoms with Crippen LogP contribution in [0.2, 0.25) is 0 Å². The predicted octanol–water partition coefficient (Wildman–Crippen LogP) is 2.50. The summed E-state index contributed by atoms with van der Waals surface area (Å²) in [5.74, 6) is 1.10. The van der Waals surface area contributed by atoms with Crippen molar-refractivity contribution >= 4 is 62.5 Å². The number of halogens is 1. The highest BCUT2D eigenvalue weighted by Crippen LogP contribution is 2.36. The van der Waals surface area contributed by atoms with Gasteiger partial charge >= 0.3 is 0 Å². The Morgan fingerprint density at radius 2 is 2.25 bits per heavy atom. The van der Waals surface area contributed by atoms with Gasteiger partial charge < -0.3 is 20.9 Å². The van der Waals surface area contributed by atoms with Gasteiger partial charge in [-0.25, -0.2) is 4.98 Å². The number of hydrogen-bond donors (Lipinski definition) is 3. The molecule has 9 heteroatoms. The van der Waals surface area contributed by atoms with Gasteiger partial charge in [-0.3, -0.25) is 9.79 Å². The maximum Gasteiger partial charge on any atom is 0.220 e. The van der Waals surface area contributed by atoms with Crippen molar-refractivity contribution in [1.29, 1.82) is 0 Å². The number of carbonyl (C=O) groups excluding carboxylic acids is 1. The lowest BCUT2D eigenvalue weighted by atomic mass is 9.79. The minimum absolute atomic E-state index is 0. The van der Waals surface area contributed by atoms with Crippen molar-refractivity contribution < 1.29 is 4.79 Å². The number of piperidine rings is 1. The first-order chi connectivity index (χ1) is 13.2. The molecule has 0 radical (unpaired) electrons. The highest BCUT2D eigenvalue weighted by molar-refractivity contribution is 14.0. The fraction of sp³-hybridized carbons (Fsp3) is 0.526. The number of thiazole rings is 1. The summed E-state index contributed by atoms with van der Waals surface area (Å²) >= 11 is 1.67. The highest BCUT2D eigenvalue weighted by Gasteiger charge is 2.42. The molecule has 3 N–H and O–H groups in total. The van der Waals surface area contributed by atoms with E-state index in [9.17, 15) is 4.79 Å². The Hall–Kier alpha value is -1.62. The van der Waals surface area contributed by atoms with E-state index in [0.717, 1.165) is 62.2 Å². The number of likely N-dealkylation sites (tertiary alicyclic amines) is 1. The molecule has 2 aromatic rings. The zero-order valence-electron chi connectivity index (χ0n) is 16.0. The van der Waals surface area contributed by atoms with Crippen LogP contribution in [0.4, 0.5) is 5.13 Å². The summed E-state index contributed by atoms with van der Waals surface area (Å²) in [6.07, 6.45) is 2.84. The summed E-state index contributed by atoms with van der Waals surface area (Å²) < 4.78 is 1.20. The van der Waals surface area contributed by atoms with E-state index in [2.05, 4.69) is 36.9 Å². The Labute approximate surface area is 186 Å². The molecule has 1 spiro atoms. The van der Waals surface area contributed by atoms with E-state index in [4.69, 9.17) is 0 Å². The number of benzene rings is 1. The number of anilines is 1. The standard InChI is InChI=1S/C19H26N6OS.HI/c1-20-17(25-10-4-7-19(13-25)11-16(26)23-12-19)21-8-9-22-18-24-14-5-2-3-6-15(14)27-18;/h2-3,5-6H,4,7-13H2,1H3,(H,20,21)(H,22,24)(H,23,26);1H. The number of nitrogens with zero attached hydrogens (tertiary/aromatic N) is 3. The van der Waals surface area contributed by atoms with Gasteiger partial charge in [0.15, 0.2) is 11.1 Å². The van der Waals surface area contributed by atoms with Crippen molar-refractivity contribution in [3.05, 3.63) is 24.3 Å². The zero-order chi connectivity index (χ0) is 18.7. The summed E-state index contributed by atoms with van der Waals surface area (Å²) in [5, 5.41) is 10.8. The molecule has 152 valence electrons. The number of aromatic nitrogens is 1. The van der Waals surface area contributed by atoms with Gasteiger partial charge in [0.1, 0.15) is 0 Å². The lowest BCUT2D eigenvalue weighted by Gasteiger charge is -2.40. The lowest BCUT2D eigenvalue weighted by Crippen LogP contribution is -2.51. The molecule has 7 nitrogen and oxygen atoms in total. The van der Waals surface area contributed by atoms with E-state index >= 15 is 0 Å². The van der Waals surface area contributed by atoms with Crippen molar-refractivity contribution in [3.8, 4) is 0 Å².